The Morgan fingerprint density at radius 3 is 2.70 bits per heavy atom. The maximum atomic E-state index is 12.2. The van der Waals surface area contributed by atoms with E-state index in [9.17, 15) is 14.4 Å². The normalized spacial score (nSPS) is 24.6. The molecule has 2 N–H and O–H groups in total. The first-order chi connectivity index (χ1) is 9.61. The highest BCUT2D eigenvalue weighted by atomic mass is 16.5. The van der Waals surface area contributed by atoms with Crippen LogP contribution < -0.4 is 10.6 Å². The van der Waals surface area contributed by atoms with Crippen LogP contribution in [0.1, 0.15) is 26.2 Å². The molecule has 0 aromatic rings. The quantitative estimate of drug-likeness (QED) is 0.647. The van der Waals surface area contributed by atoms with Gasteiger partial charge in [0.25, 0.3) is 0 Å². The van der Waals surface area contributed by atoms with Gasteiger partial charge in [-0.3, -0.25) is 19.7 Å². The van der Waals surface area contributed by atoms with E-state index in [2.05, 4.69) is 10.6 Å². The molecule has 3 amide bonds. The van der Waals surface area contributed by atoms with Crippen molar-refractivity contribution in [3.05, 3.63) is 0 Å². The molecule has 0 saturated carbocycles. The van der Waals surface area contributed by atoms with Gasteiger partial charge in [-0.1, -0.05) is 6.92 Å². The average Bonchev–Trinajstić information content (AvgIpc) is 2.45. The van der Waals surface area contributed by atoms with Gasteiger partial charge in [0.1, 0.15) is 19.2 Å². The third-order valence-electron chi connectivity index (χ3n) is 3.69. The molecule has 7 heteroatoms. The molecule has 0 bridgehead atoms. The van der Waals surface area contributed by atoms with Gasteiger partial charge in [0.05, 0.1) is 6.10 Å². The molecule has 0 aromatic carbocycles. The van der Waals surface area contributed by atoms with Crippen LogP contribution in [0.2, 0.25) is 0 Å². The maximum Gasteiger partial charge on any atom is 0.249 e. The topological polar surface area (TPSA) is 87.7 Å². The molecule has 0 aromatic heterocycles. The van der Waals surface area contributed by atoms with Gasteiger partial charge in [0.15, 0.2) is 0 Å². The Hall–Kier alpha value is -1.47. The predicted molar refractivity (Wildman–Crippen MR) is 70.8 cm³/mol. The summed E-state index contributed by atoms with van der Waals surface area (Å²) in [6.45, 7) is 3.45. The minimum Gasteiger partial charge on any atom is -0.368 e. The zero-order valence-electron chi connectivity index (χ0n) is 11.7. The average molecular weight is 283 g/mol. The van der Waals surface area contributed by atoms with Crippen molar-refractivity contribution in [2.45, 2.75) is 38.3 Å². The number of amides is 3. The zero-order chi connectivity index (χ0) is 14.5. The second kappa shape index (κ2) is 6.81. The van der Waals surface area contributed by atoms with E-state index >= 15 is 0 Å². The summed E-state index contributed by atoms with van der Waals surface area (Å²) in [5, 5.41) is 5.47. The van der Waals surface area contributed by atoms with E-state index in [1.165, 1.54) is 4.90 Å². The molecule has 2 aliphatic heterocycles. The van der Waals surface area contributed by atoms with Crippen LogP contribution in [0.25, 0.3) is 0 Å². The van der Waals surface area contributed by atoms with Crippen molar-refractivity contribution in [1.29, 1.82) is 0 Å². The van der Waals surface area contributed by atoms with Crippen LogP contribution in [-0.2, 0) is 19.1 Å². The van der Waals surface area contributed by atoms with Crippen LogP contribution in [-0.4, -0.2) is 61.0 Å². The van der Waals surface area contributed by atoms with Crippen LogP contribution >= 0.6 is 0 Å². The van der Waals surface area contributed by atoms with Crippen molar-refractivity contribution in [3.63, 3.8) is 0 Å². The molecule has 1 unspecified atom stereocenters. The molecule has 0 aliphatic carbocycles. The number of carbonyl (C=O) groups excluding carboxylic acids is 3. The second-order valence-electron chi connectivity index (χ2n) is 5.12. The lowest BCUT2D eigenvalue weighted by atomic mass is 10.1. The van der Waals surface area contributed by atoms with Crippen molar-refractivity contribution in [1.82, 2.24) is 15.5 Å². The predicted octanol–water partition coefficient (Wildman–Crippen LogP) is -0.981. The number of piperazine rings is 1. The molecular formula is C13H21N3O4. The summed E-state index contributed by atoms with van der Waals surface area (Å²) in [7, 11) is 0. The van der Waals surface area contributed by atoms with Crippen molar-refractivity contribution >= 4 is 17.7 Å². The molecule has 0 spiro atoms. The summed E-state index contributed by atoms with van der Waals surface area (Å²) in [5.41, 5.74) is 0. The van der Waals surface area contributed by atoms with Crippen LogP contribution in [0.4, 0.5) is 0 Å². The highest BCUT2D eigenvalue weighted by Crippen LogP contribution is 2.12. The first-order valence-corrected chi connectivity index (χ1v) is 7.07. The molecule has 0 radical (unpaired) electrons. The Labute approximate surface area is 118 Å². The van der Waals surface area contributed by atoms with E-state index in [1.807, 2.05) is 6.92 Å². The van der Waals surface area contributed by atoms with Gasteiger partial charge < -0.3 is 15.0 Å². The largest absolute Gasteiger partial charge is 0.368 e. The van der Waals surface area contributed by atoms with Gasteiger partial charge >= 0.3 is 0 Å². The molecular weight excluding hydrogens is 262 g/mol. The third-order valence-corrected chi connectivity index (χ3v) is 3.69. The van der Waals surface area contributed by atoms with Gasteiger partial charge in [-0.25, -0.2) is 0 Å². The van der Waals surface area contributed by atoms with Crippen molar-refractivity contribution in [2.75, 3.05) is 26.2 Å². The number of ether oxygens (including phenoxy) is 1. The fourth-order valence-electron chi connectivity index (χ4n) is 2.57. The minimum atomic E-state index is -0.572. The highest BCUT2D eigenvalue weighted by Gasteiger charge is 2.35. The molecule has 2 saturated heterocycles. The zero-order valence-corrected chi connectivity index (χ0v) is 11.7. The van der Waals surface area contributed by atoms with Crippen LogP contribution in [0.15, 0.2) is 0 Å². The van der Waals surface area contributed by atoms with Crippen molar-refractivity contribution < 1.29 is 19.1 Å². The van der Waals surface area contributed by atoms with Gasteiger partial charge in [0, 0.05) is 0 Å². The SMILES string of the molecule is CCC1C(=O)NC(=O)CN1C(=O)COC1CCNCC1. The van der Waals surface area contributed by atoms with E-state index in [4.69, 9.17) is 4.74 Å². The summed E-state index contributed by atoms with van der Waals surface area (Å²) in [6, 6.07) is -0.572. The standard InChI is InChI=1S/C13H21N3O4/c1-2-10-13(19)15-11(17)7-16(10)12(18)8-20-9-3-5-14-6-4-9/h9-10,14H,2-8H2,1H3,(H,15,17,19). The number of piperidine rings is 1. The Morgan fingerprint density at radius 1 is 1.35 bits per heavy atom. The first-order valence-electron chi connectivity index (χ1n) is 7.07. The molecule has 2 aliphatic rings. The number of rotatable bonds is 4. The smallest absolute Gasteiger partial charge is 0.249 e. The monoisotopic (exact) mass is 283 g/mol. The van der Waals surface area contributed by atoms with E-state index in [0.717, 1.165) is 25.9 Å². The summed E-state index contributed by atoms with van der Waals surface area (Å²) < 4.78 is 5.59. The van der Waals surface area contributed by atoms with Crippen LogP contribution in [0.5, 0.6) is 0 Å². The number of nitrogens with zero attached hydrogens (tertiary/aromatic N) is 1. The van der Waals surface area contributed by atoms with Gasteiger partial charge in [-0.05, 0) is 32.4 Å². The van der Waals surface area contributed by atoms with E-state index in [-0.39, 0.29) is 25.2 Å². The van der Waals surface area contributed by atoms with Crippen LogP contribution in [0.3, 0.4) is 0 Å². The van der Waals surface area contributed by atoms with E-state index < -0.39 is 17.9 Å². The fraction of sp³-hybridized carbons (Fsp3) is 0.769. The fourth-order valence-corrected chi connectivity index (χ4v) is 2.57. The Morgan fingerprint density at radius 2 is 2.05 bits per heavy atom. The van der Waals surface area contributed by atoms with E-state index in [1.54, 1.807) is 0 Å². The Bertz CT molecular complexity index is 393. The lowest BCUT2D eigenvalue weighted by molar-refractivity contribution is -0.153. The third kappa shape index (κ3) is 3.55. The van der Waals surface area contributed by atoms with Crippen LogP contribution in [0, 0.1) is 0 Å². The maximum absolute atomic E-state index is 12.2. The minimum absolute atomic E-state index is 0.0677. The highest BCUT2D eigenvalue weighted by molar-refractivity contribution is 6.04. The molecule has 7 nitrogen and oxygen atoms in total. The number of imide groups is 1. The van der Waals surface area contributed by atoms with Crippen molar-refractivity contribution in [3.8, 4) is 0 Å². The number of carbonyl (C=O) groups is 3. The van der Waals surface area contributed by atoms with E-state index in [0.29, 0.717) is 6.42 Å². The number of nitrogens with one attached hydrogen (secondary N) is 2. The lowest BCUT2D eigenvalue weighted by Gasteiger charge is -2.33. The molecule has 1 atom stereocenters. The lowest BCUT2D eigenvalue weighted by Crippen LogP contribution is -2.60. The summed E-state index contributed by atoms with van der Waals surface area (Å²) in [6.07, 6.45) is 2.32. The number of hydrogen-bond acceptors (Lipinski definition) is 5. The Kier molecular flexibility index (Phi) is 5.08. The van der Waals surface area contributed by atoms with Gasteiger partial charge in [-0.2, -0.15) is 0 Å². The summed E-state index contributed by atoms with van der Waals surface area (Å²) in [5.74, 6) is -1.13. The second-order valence-corrected chi connectivity index (χ2v) is 5.12. The van der Waals surface area contributed by atoms with Gasteiger partial charge in [0.2, 0.25) is 17.7 Å². The molecule has 20 heavy (non-hydrogen) atoms. The molecule has 112 valence electrons. The first kappa shape index (κ1) is 14.9. The Balaban J connectivity index is 1.88. The van der Waals surface area contributed by atoms with Gasteiger partial charge in [-0.15, -0.1) is 0 Å². The molecule has 2 fully saturated rings. The molecule has 2 heterocycles. The molecule has 2 rings (SSSR count). The van der Waals surface area contributed by atoms with Crippen molar-refractivity contribution in [2.24, 2.45) is 0 Å². The number of hydrogen-bond donors (Lipinski definition) is 2. The summed E-state index contributed by atoms with van der Waals surface area (Å²) in [4.78, 5) is 36.5. The summed E-state index contributed by atoms with van der Waals surface area (Å²) >= 11 is 0.